The van der Waals surface area contributed by atoms with E-state index in [0.717, 1.165) is 12.8 Å². The monoisotopic (exact) mass is 250 g/mol. The summed E-state index contributed by atoms with van der Waals surface area (Å²) in [6, 6.07) is 4.12. The lowest BCUT2D eigenvalue weighted by molar-refractivity contribution is -0.118. The van der Waals surface area contributed by atoms with E-state index >= 15 is 0 Å². The first-order valence-electron chi connectivity index (χ1n) is 5.41. The summed E-state index contributed by atoms with van der Waals surface area (Å²) >= 11 is 1.73. The third kappa shape index (κ3) is 3.13. The number of nitrogens with one attached hydrogen (secondary N) is 1. The van der Waals surface area contributed by atoms with E-state index in [4.69, 9.17) is 0 Å². The molecule has 0 spiro atoms. The zero-order chi connectivity index (χ0) is 12.1. The maximum absolute atomic E-state index is 11.8. The third-order valence-electron chi connectivity index (χ3n) is 2.49. The Morgan fingerprint density at radius 3 is 3.12 bits per heavy atom. The lowest BCUT2D eigenvalue weighted by Gasteiger charge is -2.12. The summed E-state index contributed by atoms with van der Waals surface area (Å²) in [5.74, 6) is 0.546. The minimum Gasteiger partial charge on any atom is -0.284 e. The summed E-state index contributed by atoms with van der Waals surface area (Å²) in [6.07, 6.45) is 3.73. The van der Waals surface area contributed by atoms with Gasteiger partial charge in [0.15, 0.2) is 0 Å². The second kappa shape index (κ2) is 5.58. The standard InChI is InChI=1S/C11H14N4OS/c1-15(11-12-8-13-14-11)10(16)6-2-4-9-5-3-7-17-9/h3,5,7-8H,2,4,6H2,1H3,(H,12,13,14). The van der Waals surface area contributed by atoms with Crippen molar-refractivity contribution in [1.29, 1.82) is 0 Å². The Morgan fingerprint density at radius 1 is 1.59 bits per heavy atom. The molecule has 0 aliphatic carbocycles. The first kappa shape index (κ1) is 11.8. The molecule has 0 saturated carbocycles. The van der Waals surface area contributed by atoms with Crippen molar-refractivity contribution in [3.8, 4) is 0 Å². The number of anilines is 1. The quantitative estimate of drug-likeness (QED) is 0.881. The number of carbonyl (C=O) groups is 1. The third-order valence-corrected chi connectivity index (χ3v) is 3.42. The van der Waals surface area contributed by atoms with Crippen LogP contribution in [0.2, 0.25) is 0 Å². The van der Waals surface area contributed by atoms with E-state index in [1.165, 1.54) is 16.1 Å². The molecule has 1 amide bonds. The summed E-state index contributed by atoms with van der Waals surface area (Å²) in [5, 5.41) is 8.44. The number of hydrogen-bond acceptors (Lipinski definition) is 4. The highest BCUT2D eigenvalue weighted by atomic mass is 32.1. The predicted molar refractivity (Wildman–Crippen MR) is 67.0 cm³/mol. The van der Waals surface area contributed by atoms with Gasteiger partial charge in [-0.15, -0.1) is 11.3 Å². The normalized spacial score (nSPS) is 10.4. The molecular formula is C11H14N4OS. The lowest BCUT2D eigenvalue weighted by Crippen LogP contribution is -2.27. The van der Waals surface area contributed by atoms with Crippen LogP contribution in [0.4, 0.5) is 5.95 Å². The fraction of sp³-hybridized carbons (Fsp3) is 0.364. The van der Waals surface area contributed by atoms with Crippen molar-refractivity contribution in [2.45, 2.75) is 19.3 Å². The van der Waals surface area contributed by atoms with Gasteiger partial charge in [-0.2, -0.15) is 10.1 Å². The minimum absolute atomic E-state index is 0.0540. The molecule has 2 rings (SSSR count). The van der Waals surface area contributed by atoms with Crippen LogP contribution in [0.25, 0.3) is 0 Å². The molecule has 0 radical (unpaired) electrons. The van der Waals surface area contributed by atoms with Gasteiger partial charge in [-0.25, -0.2) is 5.10 Å². The number of carbonyl (C=O) groups excluding carboxylic acids is 1. The first-order valence-corrected chi connectivity index (χ1v) is 6.29. The molecule has 1 N–H and O–H groups in total. The molecule has 6 heteroatoms. The van der Waals surface area contributed by atoms with Crippen LogP contribution in [0.3, 0.4) is 0 Å². The first-order chi connectivity index (χ1) is 8.27. The average Bonchev–Trinajstić information content (AvgIpc) is 3.00. The Hall–Kier alpha value is -1.69. The molecule has 0 aliphatic heterocycles. The second-order valence-electron chi connectivity index (χ2n) is 3.69. The Morgan fingerprint density at radius 2 is 2.47 bits per heavy atom. The number of aromatic nitrogens is 3. The fourth-order valence-corrected chi connectivity index (χ4v) is 2.27. The van der Waals surface area contributed by atoms with Gasteiger partial charge in [0.1, 0.15) is 6.33 Å². The number of H-pyrrole nitrogens is 1. The number of amides is 1. The summed E-state index contributed by atoms with van der Waals surface area (Å²) in [7, 11) is 1.70. The van der Waals surface area contributed by atoms with Crippen molar-refractivity contribution in [3.05, 3.63) is 28.7 Å². The summed E-state index contributed by atoms with van der Waals surface area (Å²) < 4.78 is 0. The molecule has 17 heavy (non-hydrogen) atoms. The summed E-state index contributed by atoms with van der Waals surface area (Å²) in [4.78, 5) is 18.6. The Labute approximate surface area is 103 Å². The Bertz CT molecular complexity index is 452. The number of aryl methyl sites for hydroxylation is 1. The molecule has 0 fully saturated rings. The van der Waals surface area contributed by atoms with Gasteiger partial charge in [0, 0.05) is 18.3 Å². The summed E-state index contributed by atoms with van der Waals surface area (Å²) in [5.41, 5.74) is 0. The van der Waals surface area contributed by atoms with Crippen molar-refractivity contribution in [2.75, 3.05) is 11.9 Å². The molecule has 0 aliphatic rings. The maximum atomic E-state index is 11.8. The van der Waals surface area contributed by atoms with E-state index in [1.54, 1.807) is 18.4 Å². The van der Waals surface area contributed by atoms with Gasteiger partial charge in [0.25, 0.3) is 0 Å². The minimum atomic E-state index is 0.0540. The SMILES string of the molecule is CN(C(=O)CCCc1cccs1)c1ncn[nH]1. The molecule has 0 saturated heterocycles. The molecular weight excluding hydrogens is 236 g/mol. The molecule has 0 aromatic carbocycles. The number of thiophene rings is 1. The average molecular weight is 250 g/mol. The highest BCUT2D eigenvalue weighted by molar-refractivity contribution is 7.09. The van der Waals surface area contributed by atoms with Gasteiger partial charge < -0.3 is 0 Å². The zero-order valence-electron chi connectivity index (χ0n) is 9.59. The van der Waals surface area contributed by atoms with Crippen LogP contribution < -0.4 is 4.90 Å². The fourth-order valence-electron chi connectivity index (χ4n) is 1.52. The van der Waals surface area contributed by atoms with Gasteiger partial charge in [-0.1, -0.05) is 6.07 Å². The van der Waals surface area contributed by atoms with Crippen molar-refractivity contribution in [3.63, 3.8) is 0 Å². The number of rotatable bonds is 5. The van der Waals surface area contributed by atoms with E-state index in [-0.39, 0.29) is 5.91 Å². The number of aromatic amines is 1. The molecule has 0 bridgehead atoms. The Kier molecular flexibility index (Phi) is 3.87. The van der Waals surface area contributed by atoms with Crippen molar-refractivity contribution >= 4 is 23.2 Å². The highest BCUT2D eigenvalue weighted by Gasteiger charge is 2.12. The molecule has 90 valence electrons. The van der Waals surface area contributed by atoms with Crippen molar-refractivity contribution < 1.29 is 4.79 Å². The van der Waals surface area contributed by atoms with Crippen LogP contribution in [0.5, 0.6) is 0 Å². The van der Waals surface area contributed by atoms with Crippen molar-refractivity contribution in [1.82, 2.24) is 15.2 Å². The largest absolute Gasteiger partial charge is 0.284 e. The van der Waals surface area contributed by atoms with Crippen LogP contribution in [-0.2, 0) is 11.2 Å². The molecule has 0 unspecified atom stereocenters. The van der Waals surface area contributed by atoms with Crippen LogP contribution >= 0.6 is 11.3 Å². The number of hydrogen-bond donors (Lipinski definition) is 1. The highest BCUT2D eigenvalue weighted by Crippen LogP contribution is 2.13. The van der Waals surface area contributed by atoms with Crippen molar-refractivity contribution in [2.24, 2.45) is 0 Å². The Balaban J connectivity index is 1.77. The number of nitrogens with zero attached hydrogens (tertiary/aromatic N) is 3. The predicted octanol–water partition coefficient (Wildman–Crippen LogP) is 1.85. The van der Waals surface area contributed by atoms with E-state index in [0.29, 0.717) is 12.4 Å². The van der Waals surface area contributed by atoms with E-state index in [1.807, 2.05) is 6.07 Å². The molecule has 2 heterocycles. The van der Waals surface area contributed by atoms with Gasteiger partial charge in [-0.3, -0.25) is 9.69 Å². The van der Waals surface area contributed by atoms with Crippen LogP contribution in [0.1, 0.15) is 17.7 Å². The molecule has 2 aromatic rings. The van der Waals surface area contributed by atoms with E-state index < -0.39 is 0 Å². The van der Waals surface area contributed by atoms with Gasteiger partial charge in [0.2, 0.25) is 11.9 Å². The van der Waals surface area contributed by atoms with Crippen LogP contribution in [-0.4, -0.2) is 28.1 Å². The van der Waals surface area contributed by atoms with E-state index in [9.17, 15) is 4.79 Å². The van der Waals surface area contributed by atoms with Crippen LogP contribution in [0, 0.1) is 0 Å². The summed E-state index contributed by atoms with van der Waals surface area (Å²) in [6.45, 7) is 0. The molecule has 0 atom stereocenters. The molecule has 2 aromatic heterocycles. The maximum Gasteiger partial charge on any atom is 0.229 e. The van der Waals surface area contributed by atoms with Gasteiger partial charge in [-0.05, 0) is 24.3 Å². The smallest absolute Gasteiger partial charge is 0.229 e. The lowest BCUT2D eigenvalue weighted by atomic mass is 10.2. The zero-order valence-corrected chi connectivity index (χ0v) is 10.4. The topological polar surface area (TPSA) is 61.9 Å². The van der Waals surface area contributed by atoms with Gasteiger partial charge >= 0.3 is 0 Å². The second-order valence-corrected chi connectivity index (χ2v) is 4.73. The van der Waals surface area contributed by atoms with Gasteiger partial charge in [0.05, 0.1) is 0 Å². The van der Waals surface area contributed by atoms with E-state index in [2.05, 4.69) is 26.6 Å². The van der Waals surface area contributed by atoms with Crippen LogP contribution in [0.15, 0.2) is 23.8 Å². The molecule has 5 nitrogen and oxygen atoms in total.